The second-order valence-electron chi connectivity index (χ2n) is 6.06. The normalized spacial score (nSPS) is 14.0. The summed E-state index contributed by atoms with van der Waals surface area (Å²) in [5, 5.41) is 2.67. The van der Waals surface area contributed by atoms with Gasteiger partial charge < -0.3 is 5.32 Å². The van der Waals surface area contributed by atoms with Crippen molar-refractivity contribution in [2.45, 2.75) is 11.0 Å². The van der Waals surface area contributed by atoms with E-state index >= 15 is 0 Å². The molecule has 3 aromatic rings. The average Bonchev–Trinajstić information content (AvgIpc) is 2.73. The third-order valence-electron chi connectivity index (χ3n) is 4.15. The predicted octanol–water partition coefficient (Wildman–Crippen LogP) is 6.03. The van der Waals surface area contributed by atoms with Gasteiger partial charge in [-0.3, -0.25) is 4.79 Å². The number of nitrogens with one attached hydrogen (secondary N) is 1. The van der Waals surface area contributed by atoms with Crippen LogP contribution in [0.5, 0.6) is 0 Å². The Bertz CT molecular complexity index is 958. The summed E-state index contributed by atoms with van der Waals surface area (Å²) in [6.07, 6.45) is 0. The van der Waals surface area contributed by atoms with Crippen LogP contribution in [0.25, 0.3) is 0 Å². The molecule has 0 radical (unpaired) electrons. The minimum Gasteiger partial charge on any atom is -0.325 e. The molecule has 3 nitrogen and oxygen atoms in total. The van der Waals surface area contributed by atoms with Gasteiger partial charge in [0, 0.05) is 11.4 Å². The summed E-state index contributed by atoms with van der Waals surface area (Å²) in [6.45, 7) is 0. The molecule has 0 saturated carbocycles. The van der Waals surface area contributed by atoms with E-state index in [0.717, 1.165) is 27.1 Å². The van der Waals surface area contributed by atoms with Crippen LogP contribution in [0, 0.1) is 0 Å². The smallest absolute Gasteiger partial charge is 0.242 e. The summed E-state index contributed by atoms with van der Waals surface area (Å²) in [6, 6.07) is 27.6. The molecular formula is C22H18N2OS2. The first-order chi connectivity index (χ1) is 13.3. The van der Waals surface area contributed by atoms with Crippen molar-refractivity contribution in [3.8, 4) is 0 Å². The van der Waals surface area contributed by atoms with Crippen molar-refractivity contribution in [1.82, 2.24) is 0 Å². The van der Waals surface area contributed by atoms with Crippen molar-refractivity contribution < 1.29 is 4.79 Å². The molecule has 1 amide bonds. The van der Waals surface area contributed by atoms with Crippen molar-refractivity contribution in [1.29, 1.82) is 0 Å². The molecule has 1 unspecified atom stereocenters. The summed E-state index contributed by atoms with van der Waals surface area (Å²) in [4.78, 5) is 17.8. The van der Waals surface area contributed by atoms with Crippen molar-refractivity contribution in [2.75, 3.05) is 5.32 Å². The molecule has 1 aliphatic heterocycles. The van der Waals surface area contributed by atoms with E-state index < -0.39 is 0 Å². The van der Waals surface area contributed by atoms with E-state index in [2.05, 4.69) is 11.4 Å². The first-order valence-electron chi connectivity index (χ1n) is 8.66. The maximum atomic E-state index is 13.0. The van der Waals surface area contributed by atoms with Crippen LogP contribution in [0.2, 0.25) is 0 Å². The van der Waals surface area contributed by atoms with Gasteiger partial charge in [0.2, 0.25) is 5.91 Å². The van der Waals surface area contributed by atoms with Gasteiger partial charge in [-0.05, 0) is 29.3 Å². The molecule has 0 aliphatic carbocycles. The number of hydrogen-bond acceptors (Lipinski definition) is 4. The predicted molar refractivity (Wildman–Crippen MR) is 117 cm³/mol. The lowest BCUT2D eigenvalue weighted by Gasteiger charge is -2.20. The number of hydrogen-bond donors (Lipinski definition) is 1. The lowest BCUT2D eigenvalue weighted by molar-refractivity contribution is -0.115. The van der Waals surface area contributed by atoms with Gasteiger partial charge >= 0.3 is 0 Å². The Balaban J connectivity index is 1.59. The minimum atomic E-state index is -0.358. The van der Waals surface area contributed by atoms with Crippen LogP contribution in [-0.2, 0) is 10.5 Å². The van der Waals surface area contributed by atoms with Crippen molar-refractivity contribution >= 4 is 45.2 Å². The number of fused-ring (bicyclic) bond motifs is 1. The fourth-order valence-corrected chi connectivity index (χ4v) is 5.04. The summed E-state index contributed by atoms with van der Waals surface area (Å²) >= 11 is 3.20. The molecular weight excluding hydrogens is 372 g/mol. The number of para-hydroxylation sites is 2. The maximum Gasteiger partial charge on any atom is 0.242 e. The fraction of sp³-hybridized carbons (Fsp3) is 0.0909. The van der Waals surface area contributed by atoms with E-state index in [0.29, 0.717) is 0 Å². The standard InChI is InChI=1S/C22H18N2OS2/c25-21(23-18-12-5-2-6-13-18)20(16-9-3-1-4-10-16)27-22-24-19-14-8-7-11-17(19)15-26-22/h1-14,20H,15H2,(H,23,25). The number of anilines is 1. The SMILES string of the molecule is O=C(Nc1ccccc1)C(SC1=Nc2ccccc2CS1)c1ccccc1. The number of thioether (sulfide) groups is 2. The Kier molecular flexibility index (Phi) is 5.61. The lowest BCUT2D eigenvalue weighted by Crippen LogP contribution is -2.20. The van der Waals surface area contributed by atoms with Crippen LogP contribution in [-0.4, -0.2) is 10.3 Å². The highest BCUT2D eigenvalue weighted by molar-refractivity contribution is 8.38. The van der Waals surface area contributed by atoms with E-state index in [-0.39, 0.29) is 11.2 Å². The van der Waals surface area contributed by atoms with E-state index in [9.17, 15) is 4.79 Å². The van der Waals surface area contributed by atoms with Gasteiger partial charge in [-0.25, -0.2) is 4.99 Å². The largest absolute Gasteiger partial charge is 0.325 e. The summed E-state index contributed by atoms with van der Waals surface area (Å²) in [5.74, 6) is 0.837. The third-order valence-corrected chi connectivity index (χ3v) is 6.61. The second kappa shape index (κ2) is 8.46. The van der Waals surface area contributed by atoms with E-state index in [4.69, 9.17) is 4.99 Å². The number of rotatable bonds is 4. The number of amides is 1. The Morgan fingerprint density at radius 2 is 1.59 bits per heavy atom. The van der Waals surface area contributed by atoms with Gasteiger partial charge in [-0.1, -0.05) is 90.3 Å². The van der Waals surface area contributed by atoms with Crippen molar-refractivity contribution in [3.05, 3.63) is 96.1 Å². The molecule has 5 heteroatoms. The first kappa shape index (κ1) is 17.9. The lowest BCUT2D eigenvalue weighted by atomic mass is 10.1. The zero-order chi connectivity index (χ0) is 18.5. The highest BCUT2D eigenvalue weighted by Crippen LogP contribution is 2.40. The Morgan fingerprint density at radius 1 is 0.926 bits per heavy atom. The van der Waals surface area contributed by atoms with E-state index in [1.807, 2.05) is 78.9 Å². The zero-order valence-corrected chi connectivity index (χ0v) is 16.2. The van der Waals surface area contributed by atoms with Gasteiger partial charge in [-0.2, -0.15) is 0 Å². The molecule has 0 bridgehead atoms. The van der Waals surface area contributed by atoms with Crippen LogP contribution in [0.1, 0.15) is 16.4 Å². The van der Waals surface area contributed by atoms with Crippen molar-refractivity contribution in [3.63, 3.8) is 0 Å². The first-order valence-corrected chi connectivity index (χ1v) is 10.5. The molecule has 3 aromatic carbocycles. The van der Waals surface area contributed by atoms with Crippen LogP contribution in [0.15, 0.2) is 89.9 Å². The molecule has 0 aromatic heterocycles. The Labute approximate surface area is 167 Å². The van der Waals surface area contributed by atoms with Crippen LogP contribution < -0.4 is 5.32 Å². The maximum absolute atomic E-state index is 13.0. The average molecular weight is 391 g/mol. The molecule has 134 valence electrons. The molecule has 0 spiro atoms. The minimum absolute atomic E-state index is 0.0421. The highest BCUT2D eigenvalue weighted by atomic mass is 32.2. The topological polar surface area (TPSA) is 41.5 Å². The molecule has 1 aliphatic rings. The summed E-state index contributed by atoms with van der Waals surface area (Å²) in [5.41, 5.74) is 4.00. The monoisotopic (exact) mass is 390 g/mol. The number of benzene rings is 3. The molecule has 0 fully saturated rings. The Morgan fingerprint density at radius 3 is 2.37 bits per heavy atom. The number of carbonyl (C=O) groups excluding carboxylic acids is 1. The van der Waals surface area contributed by atoms with Crippen LogP contribution in [0.3, 0.4) is 0 Å². The number of aliphatic imine (C=N–C) groups is 1. The molecule has 1 heterocycles. The quantitative estimate of drug-likeness (QED) is 0.591. The van der Waals surface area contributed by atoms with Crippen LogP contribution in [0.4, 0.5) is 11.4 Å². The Hall–Kier alpha value is -2.50. The molecule has 1 atom stereocenters. The van der Waals surface area contributed by atoms with Gasteiger partial charge in [0.1, 0.15) is 9.63 Å². The molecule has 1 N–H and O–H groups in total. The fourth-order valence-electron chi connectivity index (χ4n) is 2.80. The number of nitrogens with zero attached hydrogens (tertiary/aromatic N) is 1. The van der Waals surface area contributed by atoms with E-state index in [1.165, 1.54) is 17.3 Å². The van der Waals surface area contributed by atoms with Crippen molar-refractivity contribution in [2.24, 2.45) is 4.99 Å². The van der Waals surface area contributed by atoms with E-state index in [1.54, 1.807) is 11.8 Å². The van der Waals surface area contributed by atoms with Gasteiger partial charge in [0.05, 0.1) is 5.69 Å². The van der Waals surface area contributed by atoms with Crippen LogP contribution >= 0.6 is 23.5 Å². The molecule has 27 heavy (non-hydrogen) atoms. The second-order valence-corrected chi connectivity index (χ2v) is 8.38. The summed E-state index contributed by atoms with van der Waals surface area (Å²) in [7, 11) is 0. The summed E-state index contributed by atoms with van der Waals surface area (Å²) < 4.78 is 0.922. The van der Waals surface area contributed by atoms with Gasteiger partial charge in [0.25, 0.3) is 0 Å². The molecule has 0 saturated heterocycles. The zero-order valence-electron chi connectivity index (χ0n) is 14.5. The van der Waals surface area contributed by atoms with Gasteiger partial charge in [-0.15, -0.1) is 0 Å². The third kappa shape index (κ3) is 4.43. The highest BCUT2D eigenvalue weighted by Gasteiger charge is 2.25. The van der Waals surface area contributed by atoms with Gasteiger partial charge in [0.15, 0.2) is 0 Å². The number of carbonyl (C=O) groups is 1. The molecule has 4 rings (SSSR count).